The van der Waals surface area contributed by atoms with Gasteiger partial charge in [0.15, 0.2) is 0 Å². The van der Waals surface area contributed by atoms with E-state index in [2.05, 4.69) is 35.8 Å². The Morgan fingerprint density at radius 2 is 2.00 bits per heavy atom. The molecule has 2 rings (SSSR count). The third-order valence-electron chi connectivity index (χ3n) is 3.49. The van der Waals surface area contributed by atoms with Gasteiger partial charge in [0, 0.05) is 49.8 Å². The fourth-order valence-electron chi connectivity index (χ4n) is 2.85. The van der Waals surface area contributed by atoms with Crippen LogP contribution >= 0.6 is 11.8 Å². The summed E-state index contributed by atoms with van der Waals surface area (Å²) in [6.45, 7) is 9.38. The number of ether oxygens (including phenoxy) is 1. The molecule has 1 N–H and O–H groups in total. The average Bonchev–Trinajstić information content (AvgIpc) is 2.64. The molecule has 4 heteroatoms. The molecule has 4 atom stereocenters. The number of nitrogens with one attached hydrogen (secondary N) is 1. The molecule has 2 fully saturated rings. The molecule has 2 aliphatic rings. The smallest absolute Gasteiger partial charge is 0.0711 e. The van der Waals surface area contributed by atoms with Gasteiger partial charge in [0.1, 0.15) is 0 Å². The van der Waals surface area contributed by atoms with E-state index in [1.807, 2.05) is 7.11 Å². The molecule has 0 aromatic heterocycles. The van der Waals surface area contributed by atoms with E-state index in [9.17, 15) is 0 Å². The normalized spacial score (nSPS) is 41.4. The summed E-state index contributed by atoms with van der Waals surface area (Å²) < 4.78 is 5.39. The quantitative estimate of drug-likeness (QED) is 0.806. The van der Waals surface area contributed by atoms with Crippen molar-refractivity contribution in [2.75, 3.05) is 33.3 Å². The maximum Gasteiger partial charge on any atom is 0.0711 e. The molecule has 4 unspecified atom stereocenters. The molecule has 2 aliphatic heterocycles. The first-order chi connectivity index (χ1) is 7.67. The number of nitrogens with zero attached hydrogens (tertiary/aromatic N) is 1. The second-order valence-corrected chi connectivity index (χ2v) is 7.06. The number of rotatable bonds is 3. The summed E-state index contributed by atoms with van der Waals surface area (Å²) in [5, 5.41) is 5.12. The van der Waals surface area contributed by atoms with Crippen molar-refractivity contribution in [1.82, 2.24) is 10.2 Å². The Bertz CT molecular complexity index is 217. The number of hydrogen-bond donors (Lipinski definition) is 1. The highest BCUT2D eigenvalue weighted by Gasteiger charge is 2.28. The molecular weight excluding hydrogens is 220 g/mol. The molecule has 0 amide bonds. The van der Waals surface area contributed by atoms with E-state index in [0.717, 1.165) is 17.0 Å². The van der Waals surface area contributed by atoms with Crippen molar-refractivity contribution in [3.8, 4) is 0 Å². The van der Waals surface area contributed by atoms with Crippen molar-refractivity contribution < 1.29 is 4.74 Å². The van der Waals surface area contributed by atoms with Gasteiger partial charge in [-0.05, 0) is 6.42 Å². The molecule has 0 radical (unpaired) electrons. The summed E-state index contributed by atoms with van der Waals surface area (Å²) in [5.74, 6) is 0. The number of thioether (sulfide) groups is 1. The Balaban J connectivity index is 1.77. The predicted octanol–water partition coefficient (Wildman–Crippen LogP) is 1.19. The molecular formula is C12H24N2OS. The third-order valence-corrected chi connectivity index (χ3v) is 4.72. The number of methoxy groups -OCH3 is 1. The molecule has 3 nitrogen and oxygen atoms in total. The van der Waals surface area contributed by atoms with Crippen molar-refractivity contribution in [1.29, 1.82) is 0 Å². The van der Waals surface area contributed by atoms with Gasteiger partial charge in [-0.1, -0.05) is 13.8 Å². The van der Waals surface area contributed by atoms with E-state index in [-0.39, 0.29) is 0 Å². The van der Waals surface area contributed by atoms with Gasteiger partial charge in [0.25, 0.3) is 0 Å². The molecule has 2 saturated heterocycles. The summed E-state index contributed by atoms with van der Waals surface area (Å²) in [6, 6.07) is 0.632. The highest BCUT2D eigenvalue weighted by molar-refractivity contribution is 8.00. The zero-order valence-corrected chi connectivity index (χ0v) is 11.4. The molecule has 0 aromatic rings. The zero-order chi connectivity index (χ0) is 11.5. The summed E-state index contributed by atoms with van der Waals surface area (Å²) in [5.41, 5.74) is 0. The van der Waals surface area contributed by atoms with E-state index in [0.29, 0.717) is 12.1 Å². The molecule has 0 aromatic carbocycles. The molecule has 0 aliphatic carbocycles. The SMILES string of the molecule is COC1CNC(CN2CC(C)SC(C)C2)C1. The highest BCUT2D eigenvalue weighted by atomic mass is 32.2. The minimum atomic E-state index is 0.430. The summed E-state index contributed by atoms with van der Waals surface area (Å²) in [7, 11) is 1.82. The van der Waals surface area contributed by atoms with Crippen LogP contribution in [0.2, 0.25) is 0 Å². The Labute approximate surface area is 103 Å². The van der Waals surface area contributed by atoms with E-state index in [4.69, 9.17) is 4.74 Å². The van der Waals surface area contributed by atoms with E-state index < -0.39 is 0 Å². The lowest BCUT2D eigenvalue weighted by molar-refractivity contribution is 0.115. The summed E-state index contributed by atoms with van der Waals surface area (Å²) >= 11 is 2.12. The lowest BCUT2D eigenvalue weighted by Gasteiger charge is -2.36. The topological polar surface area (TPSA) is 24.5 Å². The maximum absolute atomic E-state index is 5.39. The molecule has 16 heavy (non-hydrogen) atoms. The molecule has 0 saturated carbocycles. The van der Waals surface area contributed by atoms with E-state index in [1.54, 1.807) is 0 Å². The fraction of sp³-hybridized carbons (Fsp3) is 1.00. The Kier molecular flexibility index (Phi) is 4.53. The van der Waals surface area contributed by atoms with Crippen LogP contribution in [0.15, 0.2) is 0 Å². The molecule has 94 valence electrons. The van der Waals surface area contributed by atoms with Crippen molar-refractivity contribution in [2.24, 2.45) is 0 Å². The molecule has 0 bridgehead atoms. The van der Waals surface area contributed by atoms with Crippen LogP contribution in [0.3, 0.4) is 0 Å². The monoisotopic (exact) mass is 244 g/mol. The van der Waals surface area contributed by atoms with Crippen LogP contribution < -0.4 is 5.32 Å². The van der Waals surface area contributed by atoms with Gasteiger partial charge < -0.3 is 10.1 Å². The first kappa shape index (κ1) is 12.7. The summed E-state index contributed by atoms with van der Waals surface area (Å²) in [6.07, 6.45) is 1.60. The third kappa shape index (κ3) is 3.36. The van der Waals surface area contributed by atoms with Gasteiger partial charge in [0.2, 0.25) is 0 Å². The van der Waals surface area contributed by atoms with E-state index >= 15 is 0 Å². The maximum atomic E-state index is 5.39. The van der Waals surface area contributed by atoms with Crippen LogP contribution in [0, 0.1) is 0 Å². The van der Waals surface area contributed by atoms with Crippen LogP contribution in [0.1, 0.15) is 20.3 Å². The Morgan fingerprint density at radius 3 is 2.56 bits per heavy atom. The van der Waals surface area contributed by atoms with E-state index in [1.165, 1.54) is 26.1 Å². The first-order valence-corrected chi connectivity index (χ1v) is 7.25. The van der Waals surface area contributed by atoms with Crippen LogP contribution in [0.5, 0.6) is 0 Å². The fourth-order valence-corrected chi connectivity index (χ4v) is 4.23. The molecule has 0 spiro atoms. The largest absolute Gasteiger partial charge is 0.380 e. The minimum Gasteiger partial charge on any atom is -0.380 e. The van der Waals surface area contributed by atoms with Crippen LogP contribution in [-0.4, -0.2) is 60.8 Å². The minimum absolute atomic E-state index is 0.430. The second kappa shape index (κ2) is 5.71. The number of hydrogen-bond acceptors (Lipinski definition) is 4. The van der Waals surface area contributed by atoms with Crippen molar-refractivity contribution >= 4 is 11.8 Å². The Hall–Kier alpha value is 0.230. The highest BCUT2D eigenvalue weighted by Crippen LogP contribution is 2.25. The van der Waals surface area contributed by atoms with Crippen molar-refractivity contribution in [3.63, 3.8) is 0 Å². The molecule has 2 heterocycles. The van der Waals surface area contributed by atoms with Gasteiger partial charge in [-0.3, -0.25) is 4.90 Å². The predicted molar refractivity (Wildman–Crippen MR) is 70.2 cm³/mol. The Morgan fingerprint density at radius 1 is 1.31 bits per heavy atom. The van der Waals surface area contributed by atoms with Gasteiger partial charge in [-0.2, -0.15) is 11.8 Å². The standard InChI is InChI=1S/C12H24N2OS/c1-9-6-14(7-10(2)16-9)8-11-4-12(15-3)5-13-11/h9-13H,4-8H2,1-3H3. The van der Waals surface area contributed by atoms with Gasteiger partial charge >= 0.3 is 0 Å². The van der Waals surface area contributed by atoms with Crippen LogP contribution in [-0.2, 0) is 4.74 Å². The zero-order valence-electron chi connectivity index (χ0n) is 10.6. The van der Waals surface area contributed by atoms with Gasteiger partial charge in [-0.25, -0.2) is 0 Å². The first-order valence-electron chi connectivity index (χ1n) is 6.31. The lowest BCUT2D eigenvalue weighted by Crippen LogP contribution is -2.46. The second-order valence-electron chi connectivity index (χ2n) is 5.17. The van der Waals surface area contributed by atoms with Crippen molar-refractivity contribution in [2.45, 2.75) is 42.9 Å². The van der Waals surface area contributed by atoms with Crippen LogP contribution in [0.4, 0.5) is 0 Å². The van der Waals surface area contributed by atoms with Gasteiger partial charge in [0.05, 0.1) is 6.10 Å². The van der Waals surface area contributed by atoms with Crippen LogP contribution in [0.25, 0.3) is 0 Å². The van der Waals surface area contributed by atoms with Gasteiger partial charge in [-0.15, -0.1) is 0 Å². The van der Waals surface area contributed by atoms with Crippen molar-refractivity contribution in [3.05, 3.63) is 0 Å². The average molecular weight is 244 g/mol. The summed E-state index contributed by atoms with van der Waals surface area (Å²) in [4.78, 5) is 2.61. The lowest BCUT2D eigenvalue weighted by atomic mass is 10.2.